The molecule has 4 N–H and O–H groups in total. The lowest BCUT2D eigenvalue weighted by atomic mass is 9.88. The largest absolute Gasteiger partial charge is 0.495 e. The minimum atomic E-state index is -1.57. The number of benzene rings is 2. The Kier molecular flexibility index (Phi) is 11.6. The number of halogens is 1. The van der Waals surface area contributed by atoms with Crippen LogP contribution in [0.2, 0.25) is 5.02 Å². The number of ether oxygens (including phenoxy) is 4. The zero-order valence-electron chi connectivity index (χ0n) is 30.5. The monoisotopic (exact) mass is 738 g/mol. The SMILES string of the molecule is COc1cc2cc(c1Cl)N(C)C(=O)C[C@H](OC(=O)[C@H](C)N(C)C(=O)c1ccc(N)c(C)c1)[C@@H]1O[C@H]1[C@H](C)[C@@H]1C[C@](O)(C/C=C/C=C(\C)C2)NC(=O)O1. The van der Waals surface area contributed by atoms with Crippen LogP contribution < -0.4 is 20.7 Å². The van der Waals surface area contributed by atoms with Gasteiger partial charge in [-0.25, -0.2) is 9.59 Å². The van der Waals surface area contributed by atoms with Crippen molar-refractivity contribution in [2.24, 2.45) is 5.92 Å². The summed E-state index contributed by atoms with van der Waals surface area (Å²) in [6.45, 7) is 7.07. The van der Waals surface area contributed by atoms with Gasteiger partial charge in [-0.15, -0.1) is 0 Å². The number of esters is 1. The molecule has 0 radical (unpaired) electrons. The van der Waals surface area contributed by atoms with E-state index in [0.29, 0.717) is 29.1 Å². The van der Waals surface area contributed by atoms with Crippen LogP contribution in [0.25, 0.3) is 0 Å². The number of nitrogens with two attached hydrogens (primary N) is 1. The molecule has 13 nitrogen and oxygen atoms in total. The number of aryl methyl sites for hydroxylation is 1. The maximum atomic E-state index is 14.0. The van der Waals surface area contributed by atoms with Crippen molar-refractivity contribution in [1.29, 1.82) is 0 Å². The molecule has 5 rings (SSSR count). The van der Waals surface area contributed by atoms with Gasteiger partial charge in [0.15, 0.2) is 0 Å². The zero-order valence-corrected chi connectivity index (χ0v) is 31.2. The number of carbonyl (C=O) groups is 4. The van der Waals surface area contributed by atoms with Crippen molar-refractivity contribution in [2.45, 2.75) is 89.6 Å². The molecule has 2 aromatic carbocycles. The minimum absolute atomic E-state index is 0.0737. The van der Waals surface area contributed by atoms with Gasteiger partial charge in [0.05, 0.1) is 25.3 Å². The molecule has 3 amide bonds. The second-order valence-electron chi connectivity index (χ2n) is 14.0. The number of amides is 3. The minimum Gasteiger partial charge on any atom is -0.495 e. The van der Waals surface area contributed by atoms with Crippen LogP contribution >= 0.6 is 11.6 Å². The Bertz CT molecular complexity index is 1800. The quantitative estimate of drug-likeness (QED) is 0.222. The Balaban J connectivity index is 1.46. The van der Waals surface area contributed by atoms with Gasteiger partial charge >= 0.3 is 12.1 Å². The van der Waals surface area contributed by atoms with Crippen molar-refractivity contribution in [3.8, 4) is 5.75 Å². The van der Waals surface area contributed by atoms with Crippen molar-refractivity contribution in [3.63, 3.8) is 0 Å². The number of nitrogens with one attached hydrogen (secondary N) is 1. The number of rotatable bonds is 5. The Morgan fingerprint density at radius 3 is 2.62 bits per heavy atom. The highest BCUT2D eigenvalue weighted by Gasteiger charge is 2.55. The van der Waals surface area contributed by atoms with Gasteiger partial charge in [0.1, 0.15) is 40.9 Å². The van der Waals surface area contributed by atoms with Crippen LogP contribution in [0.3, 0.4) is 0 Å². The maximum absolute atomic E-state index is 14.0. The Morgan fingerprint density at radius 1 is 1.19 bits per heavy atom. The number of allylic oxidation sites excluding steroid dienone is 3. The lowest BCUT2D eigenvalue weighted by Crippen LogP contribution is -2.57. The lowest BCUT2D eigenvalue weighted by Gasteiger charge is -2.38. The van der Waals surface area contributed by atoms with Crippen molar-refractivity contribution in [3.05, 3.63) is 75.8 Å². The van der Waals surface area contributed by atoms with Crippen LogP contribution in [0.4, 0.5) is 16.2 Å². The van der Waals surface area contributed by atoms with E-state index in [1.54, 1.807) is 50.4 Å². The molecule has 2 aromatic rings. The smallest absolute Gasteiger partial charge is 0.409 e. The molecule has 2 fully saturated rings. The fourth-order valence-electron chi connectivity index (χ4n) is 6.55. The molecule has 3 heterocycles. The molecule has 3 aliphatic rings. The molecule has 7 atom stereocenters. The van der Waals surface area contributed by atoms with Gasteiger partial charge in [0.2, 0.25) is 5.91 Å². The first-order valence-electron chi connectivity index (χ1n) is 17.2. The van der Waals surface area contributed by atoms with Crippen LogP contribution in [0, 0.1) is 12.8 Å². The predicted molar refractivity (Wildman–Crippen MR) is 195 cm³/mol. The number of epoxide rings is 1. The van der Waals surface area contributed by atoms with Crippen LogP contribution in [0.15, 0.2) is 54.1 Å². The number of likely N-dealkylation sites (N-methyl/N-ethyl adjacent to an activating group) is 1. The third kappa shape index (κ3) is 8.54. The number of anilines is 2. The van der Waals surface area contributed by atoms with E-state index in [1.165, 1.54) is 30.9 Å². The fourth-order valence-corrected chi connectivity index (χ4v) is 6.86. The molecular weight excluding hydrogens is 692 g/mol. The molecule has 0 saturated carbocycles. The highest BCUT2D eigenvalue weighted by Crippen LogP contribution is 2.41. The Labute approximate surface area is 308 Å². The van der Waals surface area contributed by atoms with Gasteiger partial charge in [-0.05, 0) is 68.7 Å². The molecule has 14 heteroatoms. The average Bonchev–Trinajstić information content (AvgIpc) is 3.90. The summed E-state index contributed by atoms with van der Waals surface area (Å²) in [4.78, 5) is 56.3. The van der Waals surface area contributed by atoms with Gasteiger partial charge in [-0.1, -0.05) is 42.3 Å². The third-order valence-electron chi connectivity index (χ3n) is 10.1. The second-order valence-corrected chi connectivity index (χ2v) is 14.4. The summed E-state index contributed by atoms with van der Waals surface area (Å²) in [5.74, 6) is -1.65. The predicted octanol–water partition coefficient (Wildman–Crippen LogP) is 4.70. The number of aliphatic hydroxyl groups is 1. The van der Waals surface area contributed by atoms with Crippen molar-refractivity contribution in [2.75, 3.05) is 31.8 Å². The van der Waals surface area contributed by atoms with Gasteiger partial charge < -0.3 is 39.6 Å². The van der Waals surface area contributed by atoms with Crippen molar-refractivity contribution >= 4 is 46.9 Å². The zero-order chi connectivity index (χ0) is 38.1. The van der Waals surface area contributed by atoms with Gasteiger partial charge in [-0.2, -0.15) is 0 Å². The van der Waals surface area contributed by atoms with E-state index in [4.69, 9.17) is 36.3 Å². The van der Waals surface area contributed by atoms with Crippen molar-refractivity contribution in [1.82, 2.24) is 10.2 Å². The standard InChI is InChI=1S/C38H47ClN4O9/c1-20-10-8-9-13-38(48)19-30(51-37(47)41-38)22(3)33-34(52-33)29(18-31(44)43(6)27-16-24(14-20)17-28(49-7)32(27)39)50-36(46)23(4)42(5)35(45)25-11-12-26(40)21(2)15-25/h8-12,15-17,22-23,29-30,33-34,48H,13-14,18-19,40H2,1-7H3,(H,41,47)/b9-8+,20-10+/t22-,23+,29+,30+,33+,34+,38-/m1/s1. The van der Waals surface area contributed by atoms with Crippen LogP contribution in [-0.2, 0) is 30.2 Å². The summed E-state index contributed by atoms with van der Waals surface area (Å²) >= 11 is 6.73. The summed E-state index contributed by atoms with van der Waals surface area (Å²) < 4.78 is 23.2. The van der Waals surface area contributed by atoms with Crippen LogP contribution in [0.5, 0.6) is 5.75 Å². The normalized spacial score (nSPS) is 28.6. The number of alkyl carbamates (subject to hydrolysis) is 1. The van der Waals surface area contributed by atoms with E-state index in [2.05, 4.69) is 5.32 Å². The lowest BCUT2D eigenvalue weighted by molar-refractivity contribution is -0.155. The first-order chi connectivity index (χ1) is 24.5. The van der Waals surface area contributed by atoms with Gasteiger partial charge in [0, 0.05) is 44.1 Å². The number of nitrogens with zero attached hydrogens (tertiary/aromatic N) is 2. The van der Waals surface area contributed by atoms with E-state index in [0.717, 1.165) is 16.7 Å². The number of carbonyl (C=O) groups excluding carboxylic acids is 4. The third-order valence-corrected chi connectivity index (χ3v) is 10.4. The second kappa shape index (κ2) is 15.6. The highest BCUT2D eigenvalue weighted by atomic mass is 35.5. The van der Waals surface area contributed by atoms with Gasteiger partial charge in [0.25, 0.3) is 5.91 Å². The van der Waals surface area contributed by atoms with E-state index >= 15 is 0 Å². The average molecular weight is 739 g/mol. The van der Waals surface area contributed by atoms with Crippen LogP contribution in [0.1, 0.15) is 61.5 Å². The van der Waals surface area contributed by atoms with E-state index < -0.39 is 66.0 Å². The molecule has 280 valence electrons. The van der Waals surface area contributed by atoms with E-state index in [-0.39, 0.29) is 24.3 Å². The number of fused-ring (bicyclic) bond motifs is 5. The highest BCUT2D eigenvalue weighted by molar-refractivity contribution is 6.35. The summed E-state index contributed by atoms with van der Waals surface area (Å²) in [5.41, 5.74) is 8.17. The van der Waals surface area contributed by atoms with Gasteiger partial charge in [-0.3, -0.25) is 14.9 Å². The summed E-state index contributed by atoms with van der Waals surface area (Å²) in [6.07, 6.45) is 1.96. The van der Waals surface area contributed by atoms with E-state index in [1.807, 2.05) is 26.0 Å². The van der Waals surface area contributed by atoms with Crippen LogP contribution in [-0.4, -0.2) is 91.3 Å². The maximum Gasteiger partial charge on any atom is 0.409 e. The summed E-state index contributed by atoms with van der Waals surface area (Å²) in [5, 5.41) is 14.1. The number of nitrogen functional groups attached to an aromatic ring is 1. The molecule has 52 heavy (non-hydrogen) atoms. The molecule has 0 aliphatic carbocycles. The summed E-state index contributed by atoms with van der Waals surface area (Å²) in [7, 11) is 4.56. The van der Waals surface area contributed by atoms with E-state index in [9.17, 15) is 24.3 Å². The first-order valence-corrected chi connectivity index (χ1v) is 17.5. The molecule has 0 unspecified atom stereocenters. The van der Waals surface area contributed by atoms with Crippen molar-refractivity contribution < 1.29 is 43.2 Å². The Hall–Kier alpha value is -4.59. The molecule has 4 bridgehead atoms. The number of hydrogen-bond acceptors (Lipinski definition) is 10. The fraction of sp³-hybridized carbons (Fsp3) is 0.474. The molecule has 3 aliphatic heterocycles. The molecule has 0 aromatic heterocycles. The number of hydrogen-bond donors (Lipinski definition) is 3. The number of methoxy groups -OCH3 is 1. The molecule has 2 saturated heterocycles. The molecular formula is C38H47ClN4O9. The Morgan fingerprint density at radius 2 is 1.92 bits per heavy atom. The molecule has 0 spiro atoms. The summed E-state index contributed by atoms with van der Waals surface area (Å²) in [6, 6.07) is 7.43. The first kappa shape index (κ1) is 38.6. The topological polar surface area (TPSA) is 173 Å².